The fourth-order valence-electron chi connectivity index (χ4n) is 9.16. The number of rotatable bonds is 23. The van der Waals surface area contributed by atoms with Crippen molar-refractivity contribution in [2.24, 2.45) is 17.0 Å². The zero-order valence-corrected chi connectivity index (χ0v) is 41.1. The number of nitrogens with zero attached hydrogens (tertiary/aromatic N) is 5. The zero-order valence-electron chi connectivity index (χ0n) is 40.3. The second kappa shape index (κ2) is 23.7. The minimum atomic E-state index is -4.11. The third-order valence-corrected chi connectivity index (χ3v) is 14.7. The molecular weight excluding hydrogens is 901 g/mol. The Kier molecular flexibility index (Phi) is 17.3. The van der Waals surface area contributed by atoms with Crippen LogP contribution in [0.4, 0.5) is 4.79 Å². The normalized spacial score (nSPS) is 15.1. The highest BCUT2D eigenvalue weighted by molar-refractivity contribution is 7.89. The highest BCUT2D eigenvalue weighted by Crippen LogP contribution is 2.41. The fraction of sp³-hybridized carbons (Fsp3) is 0.321. The Labute approximate surface area is 412 Å². The predicted octanol–water partition coefficient (Wildman–Crippen LogP) is 8.49. The number of urea groups is 1. The Bertz CT molecular complexity index is 2650. The van der Waals surface area contributed by atoms with Crippen molar-refractivity contribution in [1.82, 2.24) is 24.4 Å². The van der Waals surface area contributed by atoms with Crippen LogP contribution in [0.5, 0.6) is 0 Å². The van der Waals surface area contributed by atoms with Crippen molar-refractivity contribution in [2.75, 3.05) is 26.2 Å². The lowest BCUT2D eigenvalue weighted by atomic mass is 9.80. The number of aromatic nitrogens is 1. The molecule has 1 saturated heterocycles. The molecule has 0 unspecified atom stereocenters. The summed E-state index contributed by atoms with van der Waals surface area (Å²) in [5.74, 6) is -0.777. The van der Waals surface area contributed by atoms with Crippen molar-refractivity contribution < 1.29 is 33.1 Å². The van der Waals surface area contributed by atoms with E-state index in [1.165, 1.54) is 34.8 Å². The highest BCUT2D eigenvalue weighted by Gasteiger charge is 2.42. The van der Waals surface area contributed by atoms with E-state index < -0.39 is 39.7 Å². The number of benzene rings is 5. The first-order valence-corrected chi connectivity index (χ1v) is 25.4. The molecule has 70 heavy (non-hydrogen) atoms. The maximum Gasteiger partial charge on any atom is 0.321 e. The molecule has 3 amide bonds. The summed E-state index contributed by atoms with van der Waals surface area (Å²) in [5.41, 5.74) is 4.70. The number of amides is 3. The van der Waals surface area contributed by atoms with Gasteiger partial charge in [0.05, 0.1) is 47.8 Å². The number of aliphatic hydroxyl groups is 1. The van der Waals surface area contributed by atoms with Gasteiger partial charge in [0, 0.05) is 26.2 Å². The van der Waals surface area contributed by atoms with Crippen LogP contribution in [0.15, 0.2) is 174 Å². The number of pyridine rings is 1. The summed E-state index contributed by atoms with van der Waals surface area (Å²) in [6, 6.07) is 49.4. The second-order valence-corrected chi connectivity index (χ2v) is 20.3. The van der Waals surface area contributed by atoms with E-state index in [0.29, 0.717) is 36.5 Å². The highest BCUT2D eigenvalue weighted by atomic mass is 32.2. The molecule has 2 heterocycles. The van der Waals surface area contributed by atoms with Crippen LogP contribution in [-0.2, 0) is 44.7 Å². The van der Waals surface area contributed by atoms with E-state index in [-0.39, 0.29) is 55.4 Å². The molecule has 1 aromatic heterocycles. The van der Waals surface area contributed by atoms with Gasteiger partial charge < -0.3 is 30.2 Å². The number of carbonyl (C=O) groups is 2. The van der Waals surface area contributed by atoms with Crippen molar-refractivity contribution in [3.05, 3.63) is 203 Å². The number of nitrogens with one attached hydrogen (secondary N) is 1. The van der Waals surface area contributed by atoms with E-state index >= 15 is 0 Å². The molecule has 14 heteroatoms. The molecule has 3 N–H and O–H groups in total. The van der Waals surface area contributed by atoms with Gasteiger partial charge in [0.15, 0.2) is 0 Å². The second-order valence-electron chi connectivity index (χ2n) is 18.3. The Morgan fingerprint density at radius 1 is 0.786 bits per heavy atom. The smallest absolute Gasteiger partial charge is 0.321 e. The van der Waals surface area contributed by atoms with Crippen LogP contribution < -0.4 is 5.32 Å². The Morgan fingerprint density at radius 3 is 1.89 bits per heavy atom. The van der Waals surface area contributed by atoms with Crippen molar-refractivity contribution in [3.8, 4) is 0 Å². The maximum absolute atomic E-state index is 14.7. The number of hydrogen-bond acceptors (Lipinski definition) is 9. The summed E-state index contributed by atoms with van der Waals surface area (Å²) in [6.07, 6.45) is 0.672. The average molecular weight is 965 g/mol. The quantitative estimate of drug-likeness (QED) is 0.0249. The van der Waals surface area contributed by atoms with Crippen molar-refractivity contribution in [3.63, 3.8) is 0 Å². The third-order valence-electron chi connectivity index (χ3n) is 12.9. The van der Waals surface area contributed by atoms with E-state index in [4.69, 9.17) is 14.9 Å². The van der Waals surface area contributed by atoms with Crippen LogP contribution in [-0.4, -0.2) is 100 Å². The van der Waals surface area contributed by atoms with Crippen molar-refractivity contribution in [1.29, 1.82) is 0 Å². The number of sulfonamides is 1. The largest absolute Gasteiger partial charge is 0.411 e. The summed E-state index contributed by atoms with van der Waals surface area (Å²) in [6.45, 7) is 8.55. The third kappa shape index (κ3) is 12.2. The lowest BCUT2D eigenvalue weighted by Gasteiger charge is -2.36. The van der Waals surface area contributed by atoms with Gasteiger partial charge in [-0.05, 0) is 70.3 Å². The topological polar surface area (TPSA) is 165 Å². The minimum Gasteiger partial charge on any atom is -0.411 e. The molecule has 1 aliphatic rings. The molecule has 0 aliphatic carbocycles. The molecule has 366 valence electrons. The van der Waals surface area contributed by atoms with E-state index in [2.05, 4.69) is 46.9 Å². The first kappa shape index (κ1) is 51.1. The molecule has 1 fully saturated rings. The van der Waals surface area contributed by atoms with Crippen molar-refractivity contribution >= 4 is 28.2 Å². The monoisotopic (exact) mass is 964 g/mol. The SMILES string of the molecule is CC[C@H](C)[C@@H](C(=O)N[C@@H](Cc1ccccc1)[C@H](O)CN(CC(C)C)S(=O)(=O)c1ccc(/C=N\O)cc1)N1CCN(Cc2cccc(COC(c3ccccc3)(c3ccccc3)c3ccccc3)n2)C1=O. The van der Waals surface area contributed by atoms with E-state index in [9.17, 15) is 23.1 Å². The molecule has 0 bridgehead atoms. The molecule has 0 saturated carbocycles. The van der Waals surface area contributed by atoms with Crippen LogP contribution >= 0.6 is 0 Å². The van der Waals surface area contributed by atoms with Gasteiger partial charge in [-0.1, -0.05) is 179 Å². The zero-order chi connectivity index (χ0) is 49.7. The minimum absolute atomic E-state index is 0.0134. The molecule has 0 radical (unpaired) electrons. The van der Waals surface area contributed by atoms with Gasteiger partial charge in [0.2, 0.25) is 15.9 Å². The molecule has 13 nitrogen and oxygen atoms in total. The number of hydrogen-bond donors (Lipinski definition) is 3. The predicted molar refractivity (Wildman–Crippen MR) is 271 cm³/mol. The molecule has 5 aromatic carbocycles. The van der Waals surface area contributed by atoms with Gasteiger partial charge >= 0.3 is 6.03 Å². The lowest BCUT2D eigenvalue weighted by Crippen LogP contribution is -2.57. The molecule has 0 spiro atoms. The average Bonchev–Trinajstić information content (AvgIpc) is 3.72. The lowest BCUT2D eigenvalue weighted by molar-refractivity contribution is -0.128. The van der Waals surface area contributed by atoms with Crippen molar-refractivity contribution in [2.45, 2.75) is 82.4 Å². The first-order chi connectivity index (χ1) is 33.8. The molecule has 1 aliphatic heterocycles. The van der Waals surface area contributed by atoms with Crippen LogP contribution in [0.2, 0.25) is 0 Å². The fourth-order valence-corrected chi connectivity index (χ4v) is 10.8. The number of carbonyl (C=O) groups excluding carboxylic acids is 2. The van der Waals surface area contributed by atoms with Gasteiger partial charge in [-0.3, -0.25) is 9.78 Å². The van der Waals surface area contributed by atoms with Gasteiger partial charge in [0.1, 0.15) is 11.6 Å². The van der Waals surface area contributed by atoms with Gasteiger partial charge in [-0.15, -0.1) is 0 Å². The number of oxime groups is 1. The maximum atomic E-state index is 14.7. The van der Waals surface area contributed by atoms with E-state index in [0.717, 1.165) is 22.3 Å². The summed E-state index contributed by atoms with van der Waals surface area (Å²) >= 11 is 0. The Hall–Kier alpha value is -6.71. The van der Waals surface area contributed by atoms with Crippen LogP contribution in [0, 0.1) is 11.8 Å². The molecule has 6 aromatic rings. The number of ether oxygens (including phenoxy) is 1. The Balaban J connectivity index is 1.09. The van der Waals surface area contributed by atoms with Crippen LogP contribution in [0.3, 0.4) is 0 Å². The summed E-state index contributed by atoms with van der Waals surface area (Å²) in [4.78, 5) is 37.4. The molecule has 7 rings (SSSR count). The first-order valence-electron chi connectivity index (χ1n) is 23.9. The van der Waals surface area contributed by atoms with E-state index in [1.54, 1.807) is 9.80 Å². The van der Waals surface area contributed by atoms with E-state index in [1.807, 2.05) is 131 Å². The van der Waals surface area contributed by atoms with Crippen LogP contribution in [0.1, 0.15) is 73.3 Å². The number of aliphatic hydroxyl groups excluding tert-OH is 1. The van der Waals surface area contributed by atoms with Gasteiger partial charge in [-0.25, -0.2) is 13.2 Å². The van der Waals surface area contributed by atoms with Gasteiger partial charge in [0.25, 0.3) is 0 Å². The summed E-state index contributed by atoms with van der Waals surface area (Å²) in [7, 11) is -4.11. The van der Waals surface area contributed by atoms with Gasteiger partial charge in [-0.2, -0.15) is 4.31 Å². The molecule has 4 atom stereocenters. The molecular formula is C56H64N6O7S. The van der Waals surface area contributed by atoms with Crippen LogP contribution in [0.25, 0.3) is 0 Å². The standard InChI is InChI=1S/C56H64N6O7S/c1-5-42(4)53(54(64)59-51(35-43-19-10-6-11-20-43)52(63)39-61(37-41(2)3)70(67,68)50-31-29-44(30-32-50)36-57-66)62-34-33-60(55(62)65)38-48-27-18-28-49(58-48)40-69-56(45-21-12-7-13-22-45,46-23-14-8-15-24-46)47-25-16-9-17-26-47/h6-32,36,41-42,51-53,63,66H,5,33-35,37-40H2,1-4H3,(H,59,64)/b57-36-/t42-,51-,52+,53-/m0/s1. The summed E-state index contributed by atoms with van der Waals surface area (Å²) in [5, 5.41) is 27.1. The Morgan fingerprint density at radius 2 is 1.34 bits per heavy atom. The summed E-state index contributed by atoms with van der Waals surface area (Å²) < 4.78 is 36.5.